The van der Waals surface area contributed by atoms with Gasteiger partial charge < -0.3 is 0 Å². The van der Waals surface area contributed by atoms with Crippen molar-refractivity contribution >= 4 is 27.7 Å². The highest BCUT2D eigenvalue weighted by Crippen LogP contribution is 2.33. The van der Waals surface area contributed by atoms with Crippen LogP contribution < -0.4 is 0 Å². The molecule has 1 fully saturated rings. The van der Waals surface area contributed by atoms with E-state index in [1.54, 1.807) is 0 Å². The van der Waals surface area contributed by atoms with Gasteiger partial charge in [0.15, 0.2) is 0 Å². The molecule has 1 aromatic carbocycles. The molecule has 0 bridgehead atoms. The second-order valence-corrected chi connectivity index (χ2v) is 5.56. The van der Waals surface area contributed by atoms with Gasteiger partial charge in [0, 0.05) is 22.6 Å². The van der Waals surface area contributed by atoms with Crippen molar-refractivity contribution in [2.45, 2.75) is 38.0 Å². The molecule has 0 saturated heterocycles. The van der Waals surface area contributed by atoms with Crippen molar-refractivity contribution in [3.8, 4) is 0 Å². The largest absolute Gasteiger partial charge is 0.276 e. The molecule has 0 unspecified atom stereocenters. The minimum atomic E-state index is -0.393. The van der Waals surface area contributed by atoms with E-state index in [1.165, 1.54) is 32.1 Å². The minimum absolute atomic E-state index is 0.393. The summed E-state index contributed by atoms with van der Waals surface area (Å²) in [6.45, 7) is 0. The summed E-state index contributed by atoms with van der Waals surface area (Å²) in [5.41, 5.74) is 2.49. The lowest BCUT2D eigenvalue weighted by Gasteiger charge is -2.21. The quantitative estimate of drug-likeness (QED) is 0.745. The lowest BCUT2D eigenvalue weighted by Crippen LogP contribution is -2.08. The lowest BCUT2D eigenvalue weighted by molar-refractivity contribution is 0.108. The van der Waals surface area contributed by atoms with Crippen LogP contribution in [-0.4, -0.2) is 10.2 Å². The van der Waals surface area contributed by atoms with Crippen LogP contribution in [0.2, 0.25) is 0 Å². The van der Waals surface area contributed by atoms with E-state index >= 15 is 0 Å². The van der Waals surface area contributed by atoms with Gasteiger partial charge >= 0.3 is 0 Å². The number of benzene rings is 1. The minimum Gasteiger partial charge on any atom is -0.276 e. The average molecular weight is 274 g/mol. The smallest absolute Gasteiger partial charge is 0.253 e. The second-order valence-electron chi connectivity index (χ2n) is 5.22. The topological polar surface area (TPSA) is 30.0 Å². The molecule has 1 heterocycles. The van der Waals surface area contributed by atoms with Crippen LogP contribution in [0.15, 0.2) is 30.3 Å². The van der Waals surface area contributed by atoms with E-state index in [-0.39, 0.29) is 0 Å². The molecule has 1 aliphatic carbocycles. The summed E-state index contributed by atoms with van der Waals surface area (Å²) in [4.78, 5) is 16.4. The first-order chi connectivity index (χ1) is 9.25. The van der Waals surface area contributed by atoms with Gasteiger partial charge in [0.1, 0.15) is 0 Å². The highest BCUT2D eigenvalue weighted by molar-refractivity contribution is 6.68. The van der Waals surface area contributed by atoms with Crippen LogP contribution >= 0.6 is 11.6 Å². The molecule has 2 nitrogen and oxygen atoms in total. The number of rotatable bonds is 2. The molecule has 2 aromatic rings. The van der Waals surface area contributed by atoms with Crippen molar-refractivity contribution in [3.63, 3.8) is 0 Å². The summed E-state index contributed by atoms with van der Waals surface area (Å²) in [5.74, 6) is 0.480. The third kappa shape index (κ3) is 2.50. The molecule has 0 aliphatic heterocycles. The van der Waals surface area contributed by atoms with Crippen LogP contribution in [0.25, 0.3) is 10.9 Å². The van der Waals surface area contributed by atoms with Crippen LogP contribution in [0.4, 0.5) is 0 Å². The van der Waals surface area contributed by atoms with Crippen LogP contribution in [0.5, 0.6) is 0 Å². The number of pyridine rings is 1. The summed E-state index contributed by atoms with van der Waals surface area (Å²) in [6.07, 6.45) is 6.15. The van der Waals surface area contributed by atoms with Gasteiger partial charge in [-0.25, -0.2) is 0 Å². The van der Waals surface area contributed by atoms with E-state index in [9.17, 15) is 4.79 Å². The van der Waals surface area contributed by atoms with Gasteiger partial charge in [0.05, 0.1) is 5.52 Å². The summed E-state index contributed by atoms with van der Waals surface area (Å²) in [6, 6.07) is 9.61. The molecule has 0 spiro atoms. The summed E-state index contributed by atoms with van der Waals surface area (Å²) in [7, 11) is 0. The van der Waals surface area contributed by atoms with Gasteiger partial charge in [-0.1, -0.05) is 37.5 Å². The lowest BCUT2D eigenvalue weighted by atomic mass is 9.86. The highest BCUT2D eigenvalue weighted by atomic mass is 35.5. The molecule has 19 heavy (non-hydrogen) atoms. The predicted molar refractivity (Wildman–Crippen MR) is 77.8 cm³/mol. The Morgan fingerprint density at radius 1 is 1.16 bits per heavy atom. The molecule has 1 aromatic heterocycles. The zero-order chi connectivity index (χ0) is 13.2. The molecule has 3 heteroatoms. The van der Waals surface area contributed by atoms with E-state index in [4.69, 9.17) is 16.6 Å². The molecule has 98 valence electrons. The predicted octanol–water partition coefficient (Wildman–Crippen LogP) is 4.66. The van der Waals surface area contributed by atoms with E-state index in [1.807, 2.05) is 30.3 Å². The maximum Gasteiger partial charge on any atom is 0.253 e. The second kappa shape index (κ2) is 5.30. The average Bonchev–Trinajstić information content (AvgIpc) is 2.47. The third-order valence-corrected chi connectivity index (χ3v) is 4.17. The Labute approximate surface area is 117 Å². The molecule has 0 atom stereocenters. The van der Waals surface area contributed by atoms with Crippen LogP contribution in [0.3, 0.4) is 0 Å². The molecule has 0 N–H and O–H groups in total. The van der Waals surface area contributed by atoms with Gasteiger partial charge in [-0.2, -0.15) is 0 Å². The van der Waals surface area contributed by atoms with Crippen molar-refractivity contribution in [3.05, 3.63) is 41.6 Å². The summed E-state index contributed by atoms with van der Waals surface area (Å²) < 4.78 is 0. The van der Waals surface area contributed by atoms with E-state index in [2.05, 4.69) is 0 Å². The van der Waals surface area contributed by atoms with Crippen molar-refractivity contribution in [1.82, 2.24) is 4.98 Å². The Kier molecular flexibility index (Phi) is 3.52. The van der Waals surface area contributed by atoms with Crippen molar-refractivity contribution < 1.29 is 4.79 Å². The van der Waals surface area contributed by atoms with E-state index in [0.717, 1.165) is 16.6 Å². The van der Waals surface area contributed by atoms with Crippen molar-refractivity contribution in [1.29, 1.82) is 0 Å². The Morgan fingerprint density at radius 3 is 2.63 bits per heavy atom. The van der Waals surface area contributed by atoms with Crippen LogP contribution in [0, 0.1) is 0 Å². The third-order valence-electron chi connectivity index (χ3n) is 3.97. The molecule has 3 rings (SSSR count). The Morgan fingerprint density at radius 2 is 1.89 bits per heavy atom. The van der Waals surface area contributed by atoms with E-state index in [0.29, 0.717) is 11.5 Å². The zero-order valence-electron chi connectivity index (χ0n) is 10.7. The summed E-state index contributed by atoms with van der Waals surface area (Å²) >= 11 is 5.73. The highest BCUT2D eigenvalue weighted by Gasteiger charge is 2.19. The SMILES string of the molecule is O=C(Cl)c1cc(C2CCCCC2)nc2ccccc12. The number of nitrogens with zero attached hydrogens (tertiary/aromatic N) is 1. The van der Waals surface area contributed by atoms with Gasteiger partial charge in [-0.15, -0.1) is 0 Å². The first-order valence-corrected chi connectivity index (χ1v) is 7.23. The fourth-order valence-corrected chi connectivity index (χ4v) is 3.12. The number of hydrogen-bond acceptors (Lipinski definition) is 2. The van der Waals surface area contributed by atoms with Gasteiger partial charge in [-0.05, 0) is 36.6 Å². The number of halogens is 1. The molecule has 1 aliphatic rings. The van der Waals surface area contributed by atoms with Crippen LogP contribution in [0.1, 0.15) is 54.1 Å². The van der Waals surface area contributed by atoms with Gasteiger partial charge in [0.25, 0.3) is 5.24 Å². The van der Waals surface area contributed by atoms with Crippen molar-refractivity contribution in [2.75, 3.05) is 0 Å². The monoisotopic (exact) mass is 273 g/mol. The zero-order valence-corrected chi connectivity index (χ0v) is 11.5. The summed E-state index contributed by atoms with van der Waals surface area (Å²) in [5, 5.41) is 0.456. The fraction of sp³-hybridized carbons (Fsp3) is 0.375. The Hall–Kier alpha value is -1.41. The standard InChI is InChI=1S/C16H16ClNO/c17-16(19)13-10-15(11-6-2-1-3-7-11)18-14-9-5-4-8-12(13)14/h4-5,8-11H,1-3,6-7H2. The number of para-hydroxylation sites is 1. The number of carbonyl (C=O) groups is 1. The van der Waals surface area contributed by atoms with Crippen molar-refractivity contribution in [2.24, 2.45) is 0 Å². The Balaban J connectivity index is 2.12. The number of hydrogen-bond donors (Lipinski definition) is 0. The van der Waals surface area contributed by atoms with Gasteiger partial charge in [-0.3, -0.25) is 9.78 Å². The number of carbonyl (C=O) groups excluding carboxylic acids is 1. The fourth-order valence-electron chi connectivity index (χ4n) is 2.97. The Bertz CT molecular complexity index is 617. The van der Waals surface area contributed by atoms with Gasteiger partial charge in [0.2, 0.25) is 0 Å². The van der Waals surface area contributed by atoms with Crippen LogP contribution in [-0.2, 0) is 0 Å². The first kappa shape index (κ1) is 12.6. The van der Waals surface area contributed by atoms with E-state index < -0.39 is 5.24 Å². The molecule has 0 radical (unpaired) electrons. The first-order valence-electron chi connectivity index (χ1n) is 6.85. The maximum absolute atomic E-state index is 11.6. The maximum atomic E-state index is 11.6. The molecule has 1 saturated carbocycles. The molecular weight excluding hydrogens is 258 g/mol. The number of fused-ring (bicyclic) bond motifs is 1. The normalized spacial score (nSPS) is 16.7. The number of aromatic nitrogens is 1. The molecular formula is C16H16ClNO. The molecule has 0 amide bonds.